The molecule has 0 saturated heterocycles. The van der Waals surface area contributed by atoms with Crippen molar-refractivity contribution in [2.75, 3.05) is 12.5 Å². The Morgan fingerprint density at radius 3 is 3.09 bits per heavy atom. The Morgan fingerprint density at radius 1 is 1.22 bits per heavy atom. The molecule has 1 aromatic carbocycles. The van der Waals surface area contributed by atoms with E-state index in [1.54, 1.807) is 22.6 Å². The maximum Gasteiger partial charge on any atom is 0.231 e. The van der Waals surface area contributed by atoms with Gasteiger partial charge in [-0.15, -0.1) is 5.10 Å². The molecular weight excluding hydrogens is 316 g/mol. The fraction of sp³-hybridized carbons (Fsp3) is 0.286. The molecule has 0 amide bonds. The second kappa shape index (κ2) is 6.29. The van der Waals surface area contributed by atoms with Crippen LogP contribution in [0.5, 0.6) is 11.5 Å². The number of thioether (sulfide) groups is 1. The van der Waals surface area contributed by atoms with Crippen molar-refractivity contribution in [1.82, 2.24) is 29.8 Å². The van der Waals surface area contributed by atoms with Gasteiger partial charge in [0.25, 0.3) is 0 Å². The van der Waals surface area contributed by atoms with Crippen molar-refractivity contribution in [3.05, 3.63) is 36.9 Å². The van der Waals surface area contributed by atoms with E-state index in [-0.39, 0.29) is 6.79 Å². The van der Waals surface area contributed by atoms with Crippen molar-refractivity contribution in [2.24, 2.45) is 0 Å². The first-order valence-corrected chi connectivity index (χ1v) is 8.16. The van der Waals surface area contributed by atoms with Crippen LogP contribution in [0.15, 0.2) is 42.1 Å². The minimum absolute atomic E-state index is 0.254. The number of imidazole rings is 1. The molecular formula is C14H14N6O2S. The first kappa shape index (κ1) is 14.1. The number of nitrogens with zero attached hydrogens (tertiary/aromatic N) is 6. The van der Waals surface area contributed by atoms with Crippen LogP contribution in [0.1, 0.15) is 6.42 Å². The maximum atomic E-state index is 5.40. The zero-order valence-corrected chi connectivity index (χ0v) is 13.0. The molecule has 8 nitrogen and oxygen atoms in total. The summed E-state index contributed by atoms with van der Waals surface area (Å²) >= 11 is 1.62. The van der Waals surface area contributed by atoms with Gasteiger partial charge in [0.2, 0.25) is 11.9 Å². The van der Waals surface area contributed by atoms with Crippen molar-refractivity contribution in [3.63, 3.8) is 0 Å². The van der Waals surface area contributed by atoms with E-state index < -0.39 is 0 Å². The van der Waals surface area contributed by atoms with Gasteiger partial charge in [-0.2, -0.15) is 4.68 Å². The average molecular weight is 330 g/mol. The molecule has 0 unspecified atom stereocenters. The molecule has 0 aliphatic carbocycles. The molecule has 0 fully saturated rings. The lowest BCUT2D eigenvalue weighted by molar-refractivity contribution is 0.174. The number of aryl methyl sites for hydroxylation is 1. The summed E-state index contributed by atoms with van der Waals surface area (Å²) in [5, 5.41) is 12.7. The van der Waals surface area contributed by atoms with Gasteiger partial charge in [-0.3, -0.25) is 0 Å². The normalized spacial score (nSPS) is 12.7. The Bertz CT molecular complexity index is 788. The van der Waals surface area contributed by atoms with Gasteiger partial charge < -0.3 is 14.0 Å². The van der Waals surface area contributed by atoms with E-state index in [1.165, 1.54) is 0 Å². The Morgan fingerprint density at radius 2 is 2.17 bits per heavy atom. The van der Waals surface area contributed by atoms with Crippen molar-refractivity contribution in [1.29, 1.82) is 0 Å². The Hall–Kier alpha value is -2.55. The van der Waals surface area contributed by atoms with Crippen LogP contribution in [0.25, 0.3) is 5.69 Å². The third-order valence-electron chi connectivity index (χ3n) is 3.39. The second-order valence-electron chi connectivity index (χ2n) is 4.91. The van der Waals surface area contributed by atoms with Crippen molar-refractivity contribution in [2.45, 2.75) is 18.1 Å². The number of hydrogen-bond acceptors (Lipinski definition) is 7. The summed E-state index contributed by atoms with van der Waals surface area (Å²) < 4.78 is 14.5. The quantitative estimate of drug-likeness (QED) is 0.503. The lowest BCUT2D eigenvalue weighted by atomic mass is 10.3. The number of ether oxygens (including phenoxy) is 2. The fourth-order valence-corrected chi connectivity index (χ4v) is 3.09. The monoisotopic (exact) mass is 330 g/mol. The lowest BCUT2D eigenvalue weighted by Crippen LogP contribution is -2.00. The first-order valence-electron chi connectivity index (χ1n) is 7.17. The predicted molar refractivity (Wildman–Crippen MR) is 82.8 cm³/mol. The molecule has 1 aliphatic heterocycles. The van der Waals surface area contributed by atoms with Gasteiger partial charge in [-0.25, -0.2) is 4.98 Å². The highest BCUT2D eigenvalue weighted by Crippen LogP contribution is 2.34. The summed E-state index contributed by atoms with van der Waals surface area (Å²) in [5.74, 6) is 2.38. The zero-order chi connectivity index (χ0) is 15.5. The van der Waals surface area contributed by atoms with Crippen molar-refractivity contribution < 1.29 is 9.47 Å². The summed E-state index contributed by atoms with van der Waals surface area (Å²) in [6, 6.07) is 5.67. The highest BCUT2D eigenvalue weighted by Gasteiger charge is 2.16. The molecule has 3 heterocycles. The number of rotatable bonds is 6. The van der Waals surface area contributed by atoms with Gasteiger partial charge in [-0.05, 0) is 29.0 Å². The molecule has 0 bridgehead atoms. The van der Waals surface area contributed by atoms with E-state index in [4.69, 9.17) is 9.47 Å². The van der Waals surface area contributed by atoms with Crippen molar-refractivity contribution in [3.8, 4) is 17.2 Å². The average Bonchev–Trinajstić information content (AvgIpc) is 3.31. The van der Waals surface area contributed by atoms with E-state index in [0.29, 0.717) is 5.75 Å². The predicted octanol–water partition coefficient (Wildman–Crippen LogP) is 1.77. The van der Waals surface area contributed by atoms with Crippen LogP contribution in [0.3, 0.4) is 0 Å². The molecule has 3 aromatic rings. The molecule has 0 spiro atoms. The molecule has 0 N–H and O–H groups in total. The van der Waals surface area contributed by atoms with Crippen LogP contribution in [0.2, 0.25) is 0 Å². The Labute approximate surface area is 136 Å². The topological polar surface area (TPSA) is 79.9 Å². The van der Waals surface area contributed by atoms with E-state index in [0.717, 1.165) is 35.3 Å². The SMILES string of the molecule is c1cn(CCCSc2nnnn2-c2ccc3c(c2)OCO3)cn1. The first-order chi connectivity index (χ1) is 11.4. The highest BCUT2D eigenvalue weighted by molar-refractivity contribution is 7.99. The van der Waals surface area contributed by atoms with Crippen molar-refractivity contribution >= 4 is 11.8 Å². The van der Waals surface area contributed by atoms with Gasteiger partial charge in [0, 0.05) is 30.8 Å². The number of aromatic nitrogens is 6. The van der Waals surface area contributed by atoms with Gasteiger partial charge in [0.05, 0.1) is 12.0 Å². The fourth-order valence-electron chi connectivity index (χ4n) is 2.28. The molecule has 2 aromatic heterocycles. The van der Waals surface area contributed by atoms with Crippen LogP contribution in [-0.4, -0.2) is 42.3 Å². The third kappa shape index (κ3) is 3.00. The Kier molecular flexibility index (Phi) is 3.85. The number of tetrazole rings is 1. The Balaban J connectivity index is 1.42. The molecule has 0 radical (unpaired) electrons. The maximum absolute atomic E-state index is 5.40. The molecule has 1 aliphatic rings. The number of hydrogen-bond donors (Lipinski definition) is 0. The summed E-state index contributed by atoms with van der Waals surface area (Å²) in [6.07, 6.45) is 6.57. The number of benzene rings is 1. The van der Waals surface area contributed by atoms with Crippen LogP contribution in [-0.2, 0) is 6.54 Å². The van der Waals surface area contributed by atoms with Gasteiger partial charge >= 0.3 is 0 Å². The van der Waals surface area contributed by atoms with Gasteiger partial charge in [-0.1, -0.05) is 11.8 Å². The summed E-state index contributed by atoms with van der Waals surface area (Å²) in [5.41, 5.74) is 0.858. The summed E-state index contributed by atoms with van der Waals surface area (Å²) in [6.45, 7) is 1.18. The smallest absolute Gasteiger partial charge is 0.231 e. The standard InChI is InChI=1S/C14H14N6O2S/c1(5-19-6-4-15-9-19)7-23-14-16-17-18-20(14)11-2-3-12-13(8-11)22-10-21-12/h2-4,6,8-9H,1,5,7,10H2. The summed E-state index contributed by atoms with van der Waals surface area (Å²) in [7, 11) is 0. The minimum atomic E-state index is 0.254. The van der Waals surface area contributed by atoms with E-state index in [1.807, 2.05) is 30.7 Å². The van der Waals surface area contributed by atoms with Crippen LogP contribution in [0.4, 0.5) is 0 Å². The third-order valence-corrected chi connectivity index (χ3v) is 4.40. The molecule has 118 valence electrons. The van der Waals surface area contributed by atoms with E-state index in [9.17, 15) is 0 Å². The molecule has 0 atom stereocenters. The highest BCUT2D eigenvalue weighted by atomic mass is 32.2. The molecule has 9 heteroatoms. The van der Waals surface area contributed by atoms with E-state index in [2.05, 4.69) is 25.1 Å². The molecule has 4 rings (SSSR count). The van der Waals surface area contributed by atoms with Gasteiger partial charge in [0.1, 0.15) is 0 Å². The van der Waals surface area contributed by atoms with Gasteiger partial charge in [0.15, 0.2) is 11.5 Å². The zero-order valence-electron chi connectivity index (χ0n) is 12.2. The summed E-state index contributed by atoms with van der Waals surface area (Å²) in [4.78, 5) is 4.03. The second-order valence-corrected chi connectivity index (χ2v) is 5.98. The number of fused-ring (bicyclic) bond motifs is 1. The van der Waals surface area contributed by atoms with Crippen LogP contribution in [0, 0.1) is 0 Å². The minimum Gasteiger partial charge on any atom is -0.454 e. The lowest BCUT2D eigenvalue weighted by Gasteiger charge is -2.05. The van der Waals surface area contributed by atoms with E-state index >= 15 is 0 Å². The van der Waals surface area contributed by atoms with Crippen LogP contribution >= 0.6 is 11.8 Å². The van der Waals surface area contributed by atoms with Crippen LogP contribution < -0.4 is 9.47 Å². The molecule has 23 heavy (non-hydrogen) atoms. The molecule has 0 saturated carbocycles. The largest absolute Gasteiger partial charge is 0.454 e.